The monoisotopic (exact) mass is 413 g/mol. The molecule has 5 nitrogen and oxygen atoms in total. The third kappa shape index (κ3) is 3.84. The Morgan fingerprint density at radius 2 is 1.89 bits per heavy atom. The van der Waals surface area contributed by atoms with Crippen LogP contribution in [-0.2, 0) is 38.6 Å². The normalized spacial score (nSPS) is 14.5. The Bertz CT molecular complexity index is 1000. The van der Waals surface area contributed by atoms with Crippen molar-refractivity contribution in [3.63, 3.8) is 0 Å². The molecule has 0 aliphatic carbocycles. The molecule has 1 heterocycles. The molecule has 3 rings (SSSR count). The number of rotatable bonds is 4. The molecule has 150 valence electrons. The van der Waals surface area contributed by atoms with Crippen LogP contribution in [0.25, 0.3) is 0 Å². The Morgan fingerprint density at radius 1 is 1.18 bits per heavy atom. The maximum absolute atomic E-state index is 13.4. The van der Waals surface area contributed by atoms with Crippen molar-refractivity contribution in [3.8, 4) is 0 Å². The highest BCUT2D eigenvalue weighted by atomic mass is 32.2. The quantitative estimate of drug-likeness (QED) is 0.719. The molecule has 0 N–H and O–H groups in total. The molecule has 1 aliphatic rings. The van der Waals surface area contributed by atoms with Gasteiger partial charge in [0.25, 0.3) is 10.0 Å². The van der Waals surface area contributed by atoms with Gasteiger partial charge in [-0.3, -0.25) is 9.10 Å². The SMILES string of the molecule is COC(=O)Cc1ccc2c(c1)N(S(=O)(=O)c1ccccc1C(F)(F)F)CCC2. The number of halogens is 3. The van der Waals surface area contributed by atoms with Crippen LogP contribution >= 0.6 is 0 Å². The molecule has 0 spiro atoms. The van der Waals surface area contributed by atoms with E-state index in [2.05, 4.69) is 4.74 Å². The number of methoxy groups -OCH3 is 1. The van der Waals surface area contributed by atoms with E-state index in [1.165, 1.54) is 19.2 Å². The number of hydrogen-bond acceptors (Lipinski definition) is 4. The maximum atomic E-state index is 13.4. The number of hydrogen-bond donors (Lipinski definition) is 0. The number of carbonyl (C=O) groups is 1. The molecule has 0 unspecified atom stereocenters. The molecular weight excluding hydrogens is 395 g/mol. The first-order valence-corrected chi connectivity index (χ1v) is 9.96. The zero-order valence-corrected chi connectivity index (χ0v) is 15.8. The fourth-order valence-electron chi connectivity index (χ4n) is 3.23. The third-order valence-electron chi connectivity index (χ3n) is 4.56. The lowest BCUT2D eigenvalue weighted by molar-refractivity contribution is -0.140. The molecule has 0 saturated heterocycles. The van der Waals surface area contributed by atoms with E-state index in [1.807, 2.05) is 0 Å². The molecule has 2 aromatic carbocycles. The molecule has 0 bridgehead atoms. The number of anilines is 1. The first kappa shape index (κ1) is 20.2. The summed E-state index contributed by atoms with van der Waals surface area (Å²) in [5, 5.41) is 0. The van der Waals surface area contributed by atoms with Gasteiger partial charge in [0, 0.05) is 6.54 Å². The van der Waals surface area contributed by atoms with E-state index in [1.54, 1.807) is 12.1 Å². The number of nitrogens with zero attached hydrogens (tertiary/aromatic N) is 1. The van der Waals surface area contributed by atoms with Crippen LogP contribution in [0.4, 0.5) is 18.9 Å². The summed E-state index contributed by atoms with van der Waals surface area (Å²) in [6, 6.07) is 9.05. The van der Waals surface area contributed by atoms with Crippen LogP contribution < -0.4 is 4.31 Å². The van der Waals surface area contributed by atoms with Crippen molar-refractivity contribution in [2.45, 2.75) is 30.3 Å². The van der Waals surface area contributed by atoms with Gasteiger partial charge in [-0.15, -0.1) is 0 Å². The number of aryl methyl sites for hydroxylation is 1. The number of fused-ring (bicyclic) bond motifs is 1. The Hall–Kier alpha value is -2.55. The second-order valence-corrected chi connectivity index (χ2v) is 8.22. The van der Waals surface area contributed by atoms with Crippen molar-refractivity contribution in [3.05, 3.63) is 59.2 Å². The molecule has 0 fully saturated rings. The van der Waals surface area contributed by atoms with Crippen molar-refractivity contribution in [2.75, 3.05) is 18.0 Å². The number of ether oxygens (including phenoxy) is 1. The van der Waals surface area contributed by atoms with E-state index >= 15 is 0 Å². The summed E-state index contributed by atoms with van der Waals surface area (Å²) in [4.78, 5) is 10.7. The van der Waals surface area contributed by atoms with Crippen molar-refractivity contribution < 1.29 is 31.1 Å². The number of benzene rings is 2. The van der Waals surface area contributed by atoms with Gasteiger partial charge in [0.2, 0.25) is 0 Å². The first-order valence-electron chi connectivity index (χ1n) is 8.52. The minimum Gasteiger partial charge on any atom is -0.469 e. The Balaban J connectivity index is 2.09. The van der Waals surface area contributed by atoms with Gasteiger partial charge in [0.05, 0.1) is 29.7 Å². The van der Waals surface area contributed by atoms with E-state index in [9.17, 15) is 26.4 Å². The van der Waals surface area contributed by atoms with Crippen molar-refractivity contribution in [1.29, 1.82) is 0 Å². The summed E-state index contributed by atoms with van der Waals surface area (Å²) < 4.78 is 72.0. The zero-order valence-electron chi connectivity index (χ0n) is 15.0. The number of carbonyl (C=O) groups excluding carboxylic acids is 1. The lowest BCUT2D eigenvalue weighted by Gasteiger charge is -2.31. The lowest BCUT2D eigenvalue weighted by atomic mass is 10.00. The minimum atomic E-state index is -4.80. The second kappa shape index (κ2) is 7.46. The molecule has 0 saturated carbocycles. The van der Waals surface area contributed by atoms with Gasteiger partial charge in [-0.05, 0) is 42.2 Å². The predicted molar refractivity (Wildman–Crippen MR) is 96.5 cm³/mol. The molecule has 0 radical (unpaired) electrons. The zero-order chi connectivity index (χ0) is 20.5. The molecular formula is C19H18F3NO4S. The fourth-order valence-corrected chi connectivity index (χ4v) is 4.98. The van der Waals surface area contributed by atoms with Gasteiger partial charge in [0.15, 0.2) is 0 Å². The third-order valence-corrected chi connectivity index (χ3v) is 6.43. The highest BCUT2D eigenvalue weighted by Gasteiger charge is 2.39. The van der Waals surface area contributed by atoms with Crippen molar-refractivity contribution in [1.82, 2.24) is 0 Å². The molecule has 9 heteroatoms. The average Bonchev–Trinajstić information content (AvgIpc) is 2.66. The smallest absolute Gasteiger partial charge is 0.417 e. The Kier molecular flexibility index (Phi) is 5.38. The number of sulfonamides is 1. The highest BCUT2D eigenvalue weighted by molar-refractivity contribution is 7.92. The molecule has 0 amide bonds. The number of esters is 1. The summed E-state index contributed by atoms with van der Waals surface area (Å²) in [6.07, 6.45) is -3.77. The van der Waals surface area contributed by atoms with E-state index in [0.29, 0.717) is 29.7 Å². The van der Waals surface area contributed by atoms with E-state index in [0.717, 1.165) is 22.5 Å². The van der Waals surface area contributed by atoms with Gasteiger partial charge in [-0.25, -0.2) is 8.42 Å². The standard InChI is InChI=1S/C19H18F3NO4S/c1-27-18(24)12-13-8-9-14-5-4-10-23(16(14)11-13)28(25,26)17-7-3-2-6-15(17)19(20,21)22/h2-3,6-9,11H,4-5,10,12H2,1H3. The topological polar surface area (TPSA) is 63.7 Å². The van der Waals surface area contributed by atoms with E-state index in [4.69, 9.17) is 0 Å². The van der Waals surface area contributed by atoms with Crippen LogP contribution in [0.5, 0.6) is 0 Å². The van der Waals surface area contributed by atoms with Crippen LogP contribution in [0.1, 0.15) is 23.1 Å². The molecule has 1 aliphatic heterocycles. The summed E-state index contributed by atoms with van der Waals surface area (Å²) in [7, 11) is -3.20. The van der Waals surface area contributed by atoms with Crippen LogP contribution in [-0.4, -0.2) is 28.0 Å². The minimum absolute atomic E-state index is 0.0587. The van der Waals surface area contributed by atoms with Crippen molar-refractivity contribution >= 4 is 21.7 Å². The Labute approximate surface area is 160 Å². The molecule has 2 aromatic rings. The van der Waals surface area contributed by atoms with Gasteiger partial charge in [-0.1, -0.05) is 24.3 Å². The summed E-state index contributed by atoms with van der Waals surface area (Å²) >= 11 is 0. The van der Waals surface area contributed by atoms with Crippen LogP contribution in [0.2, 0.25) is 0 Å². The van der Waals surface area contributed by atoms with E-state index in [-0.39, 0.29) is 13.0 Å². The highest BCUT2D eigenvalue weighted by Crippen LogP contribution is 2.38. The molecule has 28 heavy (non-hydrogen) atoms. The van der Waals surface area contributed by atoms with Crippen LogP contribution in [0, 0.1) is 0 Å². The first-order chi connectivity index (χ1) is 13.1. The van der Waals surface area contributed by atoms with Gasteiger partial charge >= 0.3 is 12.1 Å². The van der Waals surface area contributed by atoms with E-state index < -0.39 is 32.6 Å². The summed E-state index contributed by atoms with van der Waals surface area (Å²) in [5.41, 5.74) is 0.321. The van der Waals surface area contributed by atoms with Crippen LogP contribution in [0.15, 0.2) is 47.4 Å². The van der Waals surface area contributed by atoms with Gasteiger partial charge in [0.1, 0.15) is 0 Å². The van der Waals surface area contributed by atoms with Gasteiger partial charge < -0.3 is 4.74 Å². The second-order valence-electron chi connectivity index (χ2n) is 6.39. The molecule has 0 atom stereocenters. The summed E-state index contributed by atoms with van der Waals surface area (Å²) in [6.45, 7) is 0.0587. The number of alkyl halides is 3. The molecule has 0 aromatic heterocycles. The largest absolute Gasteiger partial charge is 0.469 e. The Morgan fingerprint density at radius 3 is 2.57 bits per heavy atom. The predicted octanol–water partition coefficient (Wildman–Crippen LogP) is 3.56. The summed E-state index contributed by atoms with van der Waals surface area (Å²) in [5.74, 6) is -0.493. The lowest BCUT2D eigenvalue weighted by Crippen LogP contribution is -2.36. The average molecular weight is 413 g/mol. The maximum Gasteiger partial charge on any atom is 0.417 e. The van der Waals surface area contributed by atoms with Crippen LogP contribution in [0.3, 0.4) is 0 Å². The van der Waals surface area contributed by atoms with Crippen molar-refractivity contribution in [2.24, 2.45) is 0 Å². The fraction of sp³-hybridized carbons (Fsp3) is 0.316. The van der Waals surface area contributed by atoms with Gasteiger partial charge in [-0.2, -0.15) is 13.2 Å².